The van der Waals surface area contributed by atoms with Crippen molar-refractivity contribution in [3.05, 3.63) is 41.5 Å². The second-order valence-corrected chi connectivity index (χ2v) is 6.38. The number of rotatable bonds is 4. The molecule has 0 amide bonds. The molecule has 1 atom stereocenters. The van der Waals surface area contributed by atoms with Crippen LogP contribution in [-0.2, 0) is 6.42 Å². The first-order valence-electron chi connectivity index (χ1n) is 7.07. The number of nitrogens with two attached hydrogens (primary N) is 1. The molecule has 1 aliphatic rings. The number of hydrogen-bond donors (Lipinski definition) is 1. The van der Waals surface area contributed by atoms with Crippen molar-refractivity contribution >= 4 is 0 Å². The van der Waals surface area contributed by atoms with E-state index < -0.39 is 0 Å². The van der Waals surface area contributed by atoms with Gasteiger partial charge >= 0.3 is 0 Å². The number of methoxy groups -OCH3 is 1. The van der Waals surface area contributed by atoms with Gasteiger partial charge in [-0.05, 0) is 48.8 Å². The van der Waals surface area contributed by atoms with Crippen molar-refractivity contribution in [2.24, 2.45) is 11.1 Å². The Hall–Kier alpha value is -1.28. The highest BCUT2D eigenvalue weighted by Gasteiger charge is 2.26. The van der Waals surface area contributed by atoms with E-state index in [9.17, 15) is 0 Å². The molecule has 0 saturated carbocycles. The lowest BCUT2D eigenvalue weighted by molar-refractivity contribution is 0.298. The zero-order valence-electron chi connectivity index (χ0n) is 12.3. The molecule has 19 heavy (non-hydrogen) atoms. The summed E-state index contributed by atoms with van der Waals surface area (Å²) in [6.07, 6.45) is 6.74. The fraction of sp³-hybridized carbons (Fsp3) is 0.529. The lowest BCUT2D eigenvalue weighted by atomic mass is 9.74. The van der Waals surface area contributed by atoms with Gasteiger partial charge in [0.2, 0.25) is 0 Å². The van der Waals surface area contributed by atoms with Crippen LogP contribution in [0.1, 0.15) is 38.7 Å². The molecule has 1 aromatic carbocycles. The molecule has 0 heterocycles. The Morgan fingerprint density at radius 2 is 1.89 bits per heavy atom. The largest absolute Gasteiger partial charge is 0.497 e. The first-order valence-corrected chi connectivity index (χ1v) is 7.07. The van der Waals surface area contributed by atoms with Crippen LogP contribution in [0, 0.1) is 5.41 Å². The fourth-order valence-corrected chi connectivity index (χ4v) is 3.01. The Kier molecular flexibility index (Phi) is 4.31. The van der Waals surface area contributed by atoms with Gasteiger partial charge in [0.15, 0.2) is 0 Å². The summed E-state index contributed by atoms with van der Waals surface area (Å²) < 4.78 is 5.18. The van der Waals surface area contributed by atoms with E-state index in [1.807, 2.05) is 12.1 Å². The van der Waals surface area contributed by atoms with Crippen molar-refractivity contribution < 1.29 is 4.74 Å². The van der Waals surface area contributed by atoms with Crippen molar-refractivity contribution in [1.29, 1.82) is 0 Å². The molecule has 0 aliphatic heterocycles. The highest BCUT2D eigenvalue weighted by atomic mass is 16.5. The molecule has 0 radical (unpaired) electrons. The fourth-order valence-electron chi connectivity index (χ4n) is 3.01. The van der Waals surface area contributed by atoms with E-state index in [4.69, 9.17) is 10.5 Å². The number of aryl methyl sites for hydroxylation is 1. The third-order valence-corrected chi connectivity index (χ3v) is 3.84. The van der Waals surface area contributed by atoms with Crippen molar-refractivity contribution in [1.82, 2.24) is 0 Å². The molecule has 0 bridgehead atoms. The van der Waals surface area contributed by atoms with Gasteiger partial charge in [0, 0.05) is 6.04 Å². The van der Waals surface area contributed by atoms with Gasteiger partial charge in [0.25, 0.3) is 0 Å². The van der Waals surface area contributed by atoms with Gasteiger partial charge in [0.1, 0.15) is 5.75 Å². The zero-order valence-corrected chi connectivity index (χ0v) is 12.3. The number of ether oxygens (including phenoxy) is 1. The van der Waals surface area contributed by atoms with Gasteiger partial charge in [-0.15, -0.1) is 0 Å². The van der Waals surface area contributed by atoms with Crippen LogP contribution in [-0.4, -0.2) is 13.2 Å². The molecule has 0 fully saturated rings. The Balaban J connectivity index is 1.94. The van der Waals surface area contributed by atoms with E-state index >= 15 is 0 Å². The molecule has 1 aliphatic carbocycles. The Morgan fingerprint density at radius 1 is 1.21 bits per heavy atom. The SMILES string of the molecule is COc1ccc(CCC2=CC(N)CC(C)(C)C2)cc1. The molecule has 1 unspecified atom stereocenters. The van der Waals surface area contributed by atoms with E-state index in [1.165, 1.54) is 17.6 Å². The topological polar surface area (TPSA) is 35.2 Å². The van der Waals surface area contributed by atoms with Crippen LogP contribution in [0.4, 0.5) is 0 Å². The summed E-state index contributed by atoms with van der Waals surface area (Å²) in [5.74, 6) is 0.920. The minimum Gasteiger partial charge on any atom is -0.497 e. The molecule has 0 saturated heterocycles. The first-order chi connectivity index (χ1) is 8.98. The van der Waals surface area contributed by atoms with E-state index in [0.717, 1.165) is 25.0 Å². The Morgan fingerprint density at radius 3 is 2.47 bits per heavy atom. The van der Waals surface area contributed by atoms with Crippen LogP contribution >= 0.6 is 0 Å². The monoisotopic (exact) mass is 259 g/mol. The molecular weight excluding hydrogens is 234 g/mol. The maximum Gasteiger partial charge on any atom is 0.118 e. The van der Waals surface area contributed by atoms with Gasteiger partial charge in [-0.2, -0.15) is 0 Å². The van der Waals surface area contributed by atoms with Crippen molar-refractivity contribution in [3.63, 3.8) is 0 Å². The summed E-state index contributed by atoms with van der Waals surface area (Å²) in [7, 11) is 1.70. The third kappa shape index (κ3) is 4.10. The molecule has 0 spiro atoms. The van der Waals surface area contributed by atoms with Gasteiger partial charge in [-0.3, -0.25) is 0 Å². The summed E-state index contributed by atoms with van der Waals surface area (Å²) in [4.78, 5) is 0. The van der Waals surface area contributed by atoms with Gasteiger partial charge in [0.05, 0.1) is 7.11 Å². The normalized spacial score (nSPS) is 21.9. The van der Waals surface area contributed by atoms with Crippen LogP contribution in [0.3, 0.4) is 0 Å². The quantitative estimate of drug-likeness (QED) is 0.837. The third-order valence-electron chi connectivity index (χ3n) is 3.84. The summed E-state index contributed by atoms with van der Waals surface area (Å²) in [6.45, 7) is 4.63. The summed E-state index contributed by atoms with van der Waals surface area (Å²) in [5.41, 5.74) is 9.34. The van der Waals surface area contributed by atoms with Crippen molar-refractivity contribution in [2.45, 2.75) is 45.6 Å². The average Bonchev–Trinajstić information content (AvgIpc) is 2.34. The maximum absolute atomic E-state index is 6.11. The second kappa shape index (κ2) is 5.79. The smallest absolute Gasteiger partial charge is 0.118 e. The van der Waals surface area contributed by atoms with E-state index in [0.29, 0.717) is 5.41 Å². The molecule has 104 valence electrons. The number of allylic oxidation sites excluding steroid dienone is 1. The van der Waals surface area contributed by atoms with Crippen molar-refractivity contribution in [2.75, 3.05) is 7.11 Å². The number of hydrogen-bond acceptors (Lipinski definition) is 2. The maximum atomic E-state index is 6.11. The zero-order chi connectivity index (χ0) is 13.9. The second-order valence-electron chi connectivity index (χ2n) is 6.38. The van der Waals surface area contributed by atoms with E-state index in [2.05, 4.69) is 32.1 Å². The molecule has 2 heteroatoms. The van der Waals surface area contributed by atoms with E-state index in [-0.39, 0.29) is 6.04 Å². The summed E-state index contributed by atoms with van der Waals surface area (Å²) in [5, 5.41) is 0. The highest BCUT2D eigenvalue weighted by molar-refractivity contribution is 5.28. The predicted molar refractivity (Wildman–Crippen MR) is 80.4 cm³/mol. The van der Waals surface area contributed by atoms with E-state index in [1.54, 1.807) is 7.11 Å². The van der Waals surface area contributed by atoms with Gasteiger partial charge in [-0.25, -0.2) is 0 Å². The predicted octanol–water partition coefficient (Wildman–Crippen LogP) is 3.70. The molecular formula is C17H25NO. The first kappa shape index (κ1) is 14.1. The standard InChI is InChI=1S/C17H25NO/c1-17(2)11-14(10-15(18)12-17)5-4-13-6-8-16(19-3)9-7-13/h6-10,15H,4-5,11-12,18H2,1-3H3. The van der Waals surface area contributed by atoms with Crippen LogP contribution in [0.15, 0.2) is 35.9 Å². The Bertz CT molecular complexity index is 445. The Labute approximate surface area is 116 Å². The molecule has 0 aromatic heterocycles. The highest BCUT2D eigenvalue weighted by Crippen LogP contribution is 2.36. The molecule has 2 N–H and O–H groups in total. The molecule has 2 nitrogen and oxygen atoms in total. The van der Waals surface area contributed by atoms with Crippen LogP contribution in [0.25, 0.3) is 0 Å². The van der Waals surface area contributed by atoms with Gasteiger partial charge in [-0.1, -0.05) is 37.6 Å². The van der Waals surface area contributed by atoms with Gasteiger partial charge < -0.3 is 10.5 Å². The minimum atomic E-state index is 0.231. The molecule has 1 aromatic rings. The average molecular weight is 259 g/mol. The lowest BCUT2D eigenvalue weighted by Gasteiger charge is -2.33. The van der Waals surface area contributed by atoms with Crippen LogP contribution in [0.2, 0.25) is 0 Å². The van der Waals surface area contributed by atoms with Crippen molar-refractivity contribution in [3.8, 4) is 5.75 Å². The van der Waals surface area contributed by atoms with Crippen LogP contribution < -0.4 is 10.5 Å². The summed E-state index contributed by atoms with van der Waals surface area (Å²) >= 11 is 0. The molecule has 2 rings (SSSR count). The minimum absolute atomic E-state index is 0.231. The van der Waals surface area contributed by atoms with Crippen LogP contribution in [0.5, 0.6) is 5.75 Å². The number of benzene rings is 1. The lowest BCUT2D eigenvalue weighted by Crippen LogP contribution is -2.31. The summed E-state index contributed by atoms with van der Waals surface area (Å²) in [6, 6.07) is 8.58.